The summed E-state index contributed by atoms with van der Waals surface area (Å²) >= 11 is 1.53. The maximum Gasteiger partial charge on any atom is 0.281 e. The number of pyridine rings is 1. The molecule has 0 aliphatic carbocycles. The van der Waals surface area contributed by atoms with Crippen molar-refractivity contribution in [1.29, 1.82) is 0 Å². The summed E-state index contributed by atoms with van der Waals surface area (Å²) in [5, 5.41) is 0. The number of halogens is 4. The van der Waals surface area contributed by atoms with E-state index < -0.39 is 17.9 Å². The highest BCUT2D eigenvalue weighted by atomic mass is 127. The summed E-state index contributed by atoms with van der Waals surface area (Å²) in [4.78, 5) is 3.44. The molecule has 0 unspecified atom stereocenters. The first kappa shape index (κ1) is 9.76. The number of aromatic nitrogens is 1. The molecular weight excluding hydrogens is 282 g/mol. The number of hydrogen-bond acceptors (Lipinski definition) is 1. The lowest BCUT2D eigenvalue weighted by atomic mass is 10.2. The molecule has 0 N–H and O–H groups in total. The SMILES string of the molecule is Cc1cnc(C(F)F)c(I)c1F. The Morgan fingerprint density at radius 3 is 2.58 bits per heavy atom. The lowest BCUT2D eigenvalue weighted by Crippen LogP contribution is -1.99. The zero-order chi connectivity index (χ0) is 9.30. The van der Waals surface area contributed by atoms with Crippen molar-refractivity contribution in [1.82, 2.24) is 4.98 Å². The van der Waals surface area contributed by atoms with Crippen LogP contribution in [0.4, 0.5) is 13.2 Å². The third-order valence-electron chi connectivity index (χ3n) is 1.37. The molecule has 0 atom stereocenters. The van der Waals surface area contributed by atoms with Crippen molar-refractivity contribution in [2.45, 2.75) is 13.3 Å². The Labute approximate surface area is 81.1 Å². The molecule has 0 spiro atoms. The monoisotopic (exact) mass is 287 g/mol. The molecule has 0 aromatic carbocycles. The van der Waals surface area contributed by atoms with Gasteiger partial charge in [-0.15, -0.1) is 0 Å². The Bertz CT molecular complexity index is 301. The molecule has 0 saturated carbocycles. The maximum atomic E-state index is 13.0. The van der Waals surface area contributed by atoms with Crippen LogP contribution in [0.1, 0.15) is 17.7 Å². The molecule has 0 aliphatic heterocycles. The predicted molar refractivity (Wildman–Crippen MR) is 46.6 cm³/mol. The van der Waals surface area contributed by atoms with Crippen LogP contribution in [0.2, 0.25) is 0 Å². The summed E-state index contributed by atoms with van der Waals surface area (Å²) in [6.07, 6.45) is -1.61. The third-order valence-corrected chi connectivity index (χ3v) is 2.39. The van der Waals surface area contributed by atoms with Crippen LogP contribution in [0.3, 0.4) is 0 Å². The Morgan fingerprint density at radius 2 is 2.08 bits per heavy atom. The fraction of sp³-hybridized carbons (Fsp3) is 0.286. The van der Waals surface area contributed by atoms with Crippen LogP contribution in [0.5, 0.6) is 0 Å². The zero-order valence-electron chi connectivity index (χ0n) is 6.11. The van der Waals surface area contributed by atoms with Crippen LogP contribution in [0, 0.1) is 16.3 Å². The average molecular weight is 287 g/mol. The Balaban J connectivity index is 3.27. The van der Waals surface area contributed by atoms with E-state index in [-0.39, 0.29) is 9.13 Å². The molecule has 12 heavy (non-hydrogen) atoms. The molecule has 1 aromatic rings. The van der Waals surface area contributed by atoms with Gasteiger partial charge in [0.25, 0.3) is 6.43 Å². The lowest BCUT2D eigenvalue weighted by Gasteiger charge is -2.04. The fourth-order valence-corrected chi connectivity index (χ4v) is 1.52. The minimum absolute atomic E-state index is 0.0948. The van der Waals surface area contributed by atoms with E-state index in [1.807, 2.05) is 0 Å². The summed E-state index contributed by atoms with van der Waals surface area (Å²) < 4.78 is 37.1. The van der Waals surface area contributed by atoms with Gasteiger partial charge in [0.05, 0.1) is 3.57 Å². The van der Waals surface area contributed by atoms with Gasteiger partial charge >= 0.3 is 0 Å². The molecule has 66 valence electrons. The normalized spacial score (nSPS) is 10.8. The molecule has 1 rings (SSSR count). The lowest BCUT2D eigenvalue weighted by molar-refractivity contribution is 0.144. The molecule has 1 aromatic heterocycles. The molecule has 5 heteroatoms. The topological polar surface area (TPSA) is 12.9 Å². The van der Waals surface area contributed by atoms with Gasteiger partial charge in [0.15, 0.2) is 0 Å². The summed E-state index contributed by atoms with van der Waals surface area (Å²) in [5.41, 5.74) is -0.206. The molecular formula is C7H5F3IN. The van der Waals surface area contributed by atoms with Crippen LogP contribution >= 0.6 is 22.6 Å². The van der Waals surface area contributed by atoms with Gasteiger partial charge in [0, 0.05) is 11.8 Å². The highest BCUT2D eigenvalue weighted by Crippen LogP contribution is 2.25. The van der Waals surface area contributed by atoms with Gasteiger partial charge in [-0.05, 0) is 29.5 Å². The predicted octanol–water partition coefficient (Wildman–Crippen LogP) is 3.07. The first-order valence-corrected chi connectivity index (χ1v) is 4.20. The Kier molecular flexibility index (Phi) is 2.92. The van der Waals surface area contributed by atoms with Gasteiger partial charge < -0.3 is 0 Å². The summed E-state index contributed by atoms with van der Waals surface area (Å²) in [5.74, 6) is -0.610. The highest BCUT2D eigenvalue weighted by molar-refractivity contribution is 14.1. The van der Waals surface area contributed by atoms with Gasteiger partial charge in [-0.3, -0.25) is 4.98 Å². The minimum Gasteiger partial charge on any atom is -0.254 e. The van der Waals surface area contributed by atoms with Gasteiger partial charge in [-0.1, -0.05) is 0 Å². The summed E-state index contributed by atoms with van der Waals surface area (Å²) in [7, 11) is 0. The third kappa shape index (κ3) is 1.70. The van der Waals surface area contributed by atoms with E-state index in [1.165, 1.54) is 29.5 Å². The van der Waals surface area contributed by atoms with Gasteiger partial charge in [0.2, 0.25) is 0 Å². The van der Waals surface area contributed by atoms with Crippen molar-refractivity contribution in [2.75, 3.05) is 0 Å². The highest BCUT2D eigenvalue weighted by Gasteiger charge is 2.17. The number of nitrogens with zero attached hydrogens (tertiary/aromatic N) is 1. The van der Waals surface area contributed by atoms with Gasteiger partial charge in [0.1, 0.15) is 11.5 Å². The molecule has 0 aliphatic rings. The second-order valence-corrected chi connectivity index (χ2v) is 3.33. The van der Waals surface area contributed by atoms with E-state index >= 15 is 0 Å². The summed E-state index contributed by atoms with van der Waals surface area (Å²) in [6, 6.07) is 0. The zero-order valence-corrected chi connectivity index (χ0v) is 8.27. The molecule has 1 nitrogen and oxygen atoms in total. The Hall–Kier alpha value is -0.330. The van der Waals surface area contributed by atoms with Gasteiger partial charge in [-0.2, -0.15) is 0 Å². The van der Waals surface area contributed by atoms with Crippen molar-refractivity contribution in [2.24, 2.45) is 0 Å². The van der Waals surface area contributed by atoms with E-state index in [2.05, 4.69) is 4.98 Å². The first-order valence-electron chi connectivity index (χ1n) is 3.12. The smallest absolute Gasteiger partial charge is 0.254 e. The van der Waals surface area contributed by atoms with Crippen LogP contribution in [-0.2, 0) is 0 Å². The maximum absolute atomic E-state index is 13.0. The number of rotatable bonds is 1. The average Bonchev–Trinajstić information content (AvgIpc) is 2.00. The van der Waals surface area contributed by atoms with Crippen molar-refractivity contribution in [3.8, 4) is 0 Å². The van der Waals surface area contributed by atoms with E-state index in [4.69, 9.17) is 0 Å². The fourth-order valence-electron chi connectivity index (χ4n) is 0.717. The van der Waals surface area contributed by atoms with Crippen molar-refractivity contribution >= 4 is 22.6 Å². The quantitative estimate of drug-likeness (QED) is 0.723. The largest absolute Gasteiger partial charge is 0.281 e. The van der Waals surface area contributed by atoms with E-state index in [0.717, 1.165) is 6.20 Å². The van der Waals surface area contributed by atoms with Crippen molar-refractivity contribution in [3.05, 3.63) is 26.8 Å². The minimum atomic E-state index is -2.72. The Morgan fingerprint density at radius 1 is 1.50 bits per heavy atom. The summed E-state index contributed by atoms with van der Waals surface area (Å²) in [6.45, 7) is 1.49. The van der Waals surface area contributed by atoms with E-state index in [1.54, 1.807) is 0 Å². The van der Waals surface area contributed by atoms with Crippen LogP contribution in [0.25, 0.3) is 0 Å². The first-order chi connectivity index (χ1) is 5.54. The number of alkyl halides is 2. The standard InChI is InChI=1S/C7H5F3IN/c1-3-2-12-6(7(9)10)5(11)4(3)8/h2,7H,1H3. The second kappa shape index (κ2) is 3.59. The molecule has 0 fully saturated rings. The molecule has 0 radical (unpaired) electrons. The molecule has 0 bridgehead atoms. The van der Waals surface area contributed by atoms with E-state index in [9.17, 15) is 13.2 Å². The van der Waals surface area contributed by atoms with Crippen LogP contribution in [-0.4, -0.2) is 4.98 Å². The van der Waals surface area contributed by atoms with Gasteiger partial charge in [-0.25, -0.2) is 13.2 Å². The van der Waals surface area contributed by atoms with Crippen LogP contribution < -0.4 is 0 Å². The van der Waals surface area contributed by atoms with E-state index in [0.29, 0.717) is 0 Å². The molecule has 1 heterocycles. The number of aryl methyl sites for hydroxylation is 1. The van der Waals surface area contributed by atoms with Crippen LogP contribution in [0.15, 0.2) is 6.20 Å². The molecule has 0 amide bonds. The van der Waals surface area contributed by atoms with Crippen molar-refractivity contribution < 1.29 is 13.2 Å². The molecule has 0 saturated heterocycles. The number of hydrogen-bond donors (Lipinski definition) is 0. The second-order valence-electron chi connectivity index (χ2n) is 2.26. The van der Waals surface area contributed by atoms with Crippen molar-refractivity contribution in [3.63, 3.8) is 0 Å².